The molecule has 37 heavy (non-hydrogen) atoms. The molecule has 2 aliphatic heterocycles. The molecule has 188 valence electrons. The number of rotatable bonds is 6. The van der Waals surface area contributed by atoms with Crippen molar-refractivity contribution < 1.29 is 4.74 Å². The summed E-state index contributed by atoms with van der Waals surface area (Å²) in [6, 6.07) is 13.5. The van der Waals surface area contributed by atoms with Crippen LogP contribution in [0.4, 0.5) is 23.1 Å². The molecule has 4 N–H and O–H groups in total. The maximum absolute atomic E-state index is 6.05. The zero-order chi connectivity index (χ0) is 25.2. The van der Waals surface area contributed by atoms with Gasteiger partial charge in [0.1, 0.15) is 29.2 Å². The Hall–Kier alpha value is -4.31. The van der Waals surface area contributed by atoms with Crippen LogP contribution in [-0.2, 0) is 0 Å². The smallest absolute Gasteiger partial charge is 0.160 e. The fourth-order valence-electron chi connectivity index (χ4n) is 5.11. The third kappa shape index (κ3) is 4.75. The first-order valence-electron chi connectivity index (χ1n) is 12.4. The number of aliphatic imine (C=N–C) groups is 1. The van der Waals surface area contributed by atoms with E-state index in [4.69, 9.17) is 15.5 Å². The van der Waals surface area contributed by atoms with Gasteiger partial charge in [-0.2, -0.15) is 0 Å². The lowest BCUT2D eigenvalue weighted by atomic mass is 9.72. The molecule has 1 spiro atoms. The average Bonchev–Trinajstić information content (AvgIpc) is 2.90. The molecule has 0 amide bonds. The van der Waals surface area contributed by atoms with Gasteiger partial charge in [-0.3, -0.25) is 0 Å². The molecule has 4 aromatic rings. The number of pyridine rings is 2. The summed E-state index contributed by atoms with van der Waals surface area (Å²) in [6.07, 6.45) is 6.87. The number of aryl methyl sites for hydroxylation is 1. The molecular weight excluding hydrogens is 466 g/mol. The average molecular weight is 496 g/mol. The second kappa shape index (κ2) is 9.62. The first kappa shape index (κ1) is 23.1. The molecule has 6 rings (SSSR count). The largest absolute Gasteiger partial charge is 0.457 e. The molecule has 10 nitrogen and oxygen atoms in total. The van der Waals surface area contributed by atoms with Crippen LogP contribution in [0.1, 0.15) is 18.4 Å². The second-order valence-electron chi connectivity index (χ2n) is 9.70. The number of ether oxygens (including phenoxy) is 1. The summed E-state index contributed by atoms with van der Waals surface area (Å²) in [4.78, 5) is 24.4. The molecule has 2 saturated heterocycles. The van der Waals surface area contributed by atoms with E-state index < -0.39 is 0 Å². The number of aromatic nitrogens is 4. The molecule has 2 aliphatic rings. The van der Waals surface area contributed by atoms with Crippen molar-refractivity contribution in [2.45, 2.75) is 19.8 Å². The van der Waals surface area contributed by atoms with Crippen LogP contribution in [0.25, 0.3) is 11.0 Å². The van der Waals surface area contributed by atoms with Gasteiger partial charge in [0.25, 0.3) is 0 Å². The molecule has 0 aliphatic carbocycles. The van der Waals surface area contributed by atoms with E-state index in [2.05, 4.69) is 41.5 Å². The van der Waals surface area contributed by atoms with Crippen molar-refractivity contribution in [1.82, 2.24) is 25.3 Å². The SMILES string of the molecule is Cc1cc(Nc2ncnc3ccc(N4CC5(CCNCC5)C4)nc23)ccc1Oc1ccnc(N=CN)c1. The van der Waals surface area contributed by atoms with Crippen molar-refractivity contribution in [2.75, 3.05) is 36.4 Å². The Bertz CT molecular complexity index is 1460. The zero-order valence-electron chi connectivity index (χ0n) is 20.7. The maximum atomic E-state index is 6.05. The Morgan fingerprint density at radius 2 is 1.95 bits per heavy atom. The number of piperidine rings is 1. The standard InChI is InChI=1S/C27H29N9O/c1-18-12-19(2-4-22(18)37-20-6-9-30-23(13-20)31-16-28)34-26-25-21(32-17-33-26)3-5-24(35-25)36-14-27(15-36)7-10-29-11-8-27/h2-6,9,12-13,16-17,29H,7-8,10-11,14-15H2,1H3,(H2,28,30,31)(H,32,33,34). The van der Waals surface area contributed by atoms with E-state index in [1.165, 1.54) is 19.2 Å². The fourth-order valence-corrected chi connectivity index (χ4v) is 5.11. The van der Waals surface area contributed by atoms with Crippen molar-refractivity contribution in [3.05, 3.63) is 60.6 Å². The third-order valence-electron chi connectivity index (χ3n) is 7.10. The van der Waals surface area contributed by atoms with Gasteiger partial charge in [-0.25, -0.2) is 24.9 Å². The highest BCUT2D eigenvalue weighted by Gasteiger charge is 2.43. The number of benzene rings is 1. The molecular formula is C27H29N9O. The van der Waals surface area contributed by atoms with Crippen LogP contribution in [0.2, 0.25) is 0 Å². The summed E-state index contributed by atoms with van der Waals surface area (Å²) < 4.78 is 6.05. The number of fused-ring (bicyclic) bond motifs is 1. The van der Waals surface area contributed by atoms with E-state index in [9.17, 15) is 0 Å². The Morgan fingerprint density at radius 1 is 1.08 bits per heavy atom. The Kier molecular flexibility index (Phi) is 6.01. The quantitative estimate of drug-likeness (QED) is 0.268. The van der Waals surface area contributed by atoms with Gasteiger partial charge in [0.2, 0.25) is 0 Å². The van der Waals surface area contributed by atoms with Gasteiger partial charge in [0.05, 0.1) is 11.9 Å². The van der Waals surface area contributed by atoms with E-state index in [1.807, 2.05) is 31.2 Å². The molecule has 0 unspecified atom stereocenters. The molecule has 2 fully saturated rings. The predicted octanol–water partition coefficient (Wildman–Crippen LogP) is 4.07. The van der Waals surface area contributed by atoms with Crippen LogP contribution in [0, 0.1) is 12.3 Å². The number of nitrogens with two attached hydrogens (primary N) is 1. The molecule has 0 saturated carbocycles. The van der Waals surface area contributed by atoms with E-state index in [0.29, 0.717) is 22.8 Å². The first-order valence-corrected chi connectivity index (χ1v) is 12.4. The van der Waals surface area contributed by atoms with E-state index in [-0.39, 0.29) is 0 Å². The van der Waals surface area contributed by atoms with Crippen LogP contribution in [-0.4, -0.2) is 52.5 Å². The normalized spacial score (nSPS) is 16.7. The van der Waals surface area contributed by atoms with E-state index in [1.54, 1.807) is 24.7 Å². The Balaban J connectivity index is 1.20. The van der Waals surface area contributed by atoms with Crippen LogP contribution in [0.5, 0.6) is 11.5 Å². The van der Waals surface area contributed by atoms with Crippen LogP contribution in [0.15, 0.2) is 60.0 Å². The van der Waals surface area contributed by atoms with Crippen LogP contribution >= 0.6 is 0 Å². The maximum Gasteiger partial charge on any atom is 0.160 e. The second-order valence-corrected chi connectivity index (χ2v) is 9.70. The highest BCUT2D eigenvalue weighted by atomic mass is 16.5. The number of hydrogen-bond donors (Lipinski definition) is 3. The zero-order valence-corrected chi connectivity index (χ0v) is 20.7. The molecule has 3 aromatic heterocycles. The van der Waals surface area contributed by atoms with Crippen molar-refractivity contribution >= 4 is 40.5 Å². The minimum absolute atomic E-state index is 0.437. The summed E-state index contributed by atoms with van der Waals surface area (Å²) in [5.74, 6) is 3.51. The van der Waals surface area contributed by atoms with Gasteiger partial charge in [-0.05, 0) is 74.8 Å². The van der Waals surface area contributed by atoms with Crippen molar-refractivity contribution in [1.29, 1.82) is 0 Å². The van der Waals surface area contributed by atoms with Gasteiger partial charge < -0.3 is 26.0 Å². The van der Waals surface area contributed by atoms with Gasteiger partial charge >= 0.3 is 0 Å². The Morgan fingerprint density at radius 3 is 2.76 bits per heavy atom. The molecule has 10 heteroatoms. The van der Waals surface area contributed by atoms with E-state index >= 15 is 0 Å². The number of hydrogen-bond acceptors (Lipinski definition) is 9. The summed E-state index contributed by atoms with van der Waals surface area (Å²) >= 11 is 0. The van der Waals surface area contributed by atoms with Crippen molar-refractivity contribution in [3.63, 3.8) is 0 Å². The Labute approximate surface area is 215 Å². The van der Waals surface area contributed by atoms with E-state index in [0.717, 1.165) is 60.0 Å². The number of anilines is 3. The number of nitrogens with one attached hydrogen (secondary N) is 2. The predicted molar refractivity (Wildman–Crippen MR) is 145 cm³/mol. The van der Waals surface area contributed by atoms with Crippen molar-refractivity contribution in [2.24, 2.45) is 16.1 Å². The van der Waals surface area contributed by atoms with Crippen LogP contribution < -0.4 is 26.0 Å². The summed E-state index contributed by atoms with van der Waals surface area (Å²) in [5, 5.41) is 6.89. The fraction of sp³-hybridized carbons (Fsp3) is 0.296. The first-order chi connectivity index (χ1) is 18.1. The van der Waals surface area contributed by atoms with Gasteiger partial charge in [0, 0.05) is 36.5 Å². The number of nitrogens with zero attached hydrogens (tertiary/aromatic N) is 6. The third-order valence-corrected chi connectivity index (χ3v) is 7.10. The van der Waals surface area contributed by atoms with Gasteiger partial charge in [-0.15, -0.1) is 0 Å². The topological polar surface area (TPSA) is 126 Å². The summed E-state index contributed by atoms with van der Waals surface area (Å²) in [6.45, 7) is 6.33. The summed E-state index contributed by atoms with van der Waals surface area (Å²) in [5.41, 5.74) is 9.22. The molecule has 1 aromatic carbocycles. The molecule has 0 atom stereocenters. The van der Waals surface area contributed by atoms with Gasteiger partial charge in [-0.1, -0.05) is 0 Å². The van der Waals surface area contributed by atoms with Crippen molar-refractivity contribution in [3.8, 4) is 11.5 Å². The lowest BCUT2D eigenvalue weighted by Crippen LogP contribution is -2.60. The monoisotopic (exact) mass is 495 g/mol. The molecule has 0 bridgehead atoms. The minimum Gasteiger partial charge on any atom is -0.457 e. The lowest BCUT2D eigenvalue weighted by molar-refractivity contribution is 0.149. The highest BCUT2D eigenvalue weighted by Crippen LogP contribution is 2.41. The molecule has 5 heterocycles. The van der Waals surface area contributed by atoms with Crippen LogP contribution in [0.3, 0.4) is 0 Å². The molecule has 0 radical (unpaired) electrons. The summed E-state index contributed by atoms with van der Waals surface area (Å²) in [7, 11) is 0. The lowest BCUT2D eigenvalue weighted by Gasteiger charge is -2.53. The van der Waals surface area contributed by atoms with Gasteiger partial charge in [0.15, 0.2) is 11.6 Å². The minimum atomic E-state index is 0.437. The highest BCUT2D eigenvalue weighted by molar-refractivity contribution is 5.88.